The Labute approximate surface area is 108 Å². The first-order chi connectivity index (χ1) is 8.97. The minimum atomic E-state index is -0.358. The van der Waals surface area contributed by atoms with E-state index in [0.717, 1.165) is 0 Å². The second-order valence-corrected chi connectivity index (χ2v) is 4.13. The van der Waals surface area contributed by atoms with Crippen LogP contribution in [0, 0.1) is 5.82 Å². The highest BCUT2D eigenvalue weighted by Crippen LogP contribution is 2.32. The third-order valence-electron chi connectivity index (χ3n) is 2.61. The van der Waals surface area contributed by atoms with E-state index < -0.39 is 0 Å². The lowest BCUT2D eigenvalue weighted by atomic mass is 10.2. The molecule has 0 bridgehead atoms. The van der Waals surface area contributed by atoms with Crippen LogP contribution in [0.2, 0.25) is 0 Å². The van der Waals surface area contributed by atoms with Crippen molar-refractivity contribution in [2.45, 2.75) is 13.5 Å². The van der Waals surface area contributed by atoms with E-state index in [1.54, 1.807) is 12.1 Å². The molecule has 0 radical (unpaired) electrons. The number of nitrogens with one attached hydrogen (secondary N) is 1. The van der Waals surface area contributed by atoms with Crippen molar-refractivity contribution in [3.63, 3.8) is 0 Å². The van der Waals surface area contributed by atoms with Crippen LogP contribution in [0.4, 0.5) is 10.1 Å². The second-order valence-electron chi connectivity index (χ2n) is 4.13. The van der Waals surface area contributed by atoms with Gasteiger partial charge in [0.05, 0.1) is 6.54 Å². The van der Waals surface area contributed by atoms with Crippen molar-refractivity contribution in [1.82, 2.24) is 4.57 Å². The maximum atomic E-state index is 12.8. The molecule has 0 saturated heterocycles. The van der Waals surface area contributed by atoms with Crippen LogP contribution in [0.5, 0.6) is 11.8 Å². The van der Waals surface area contributed by atoms with Crippen LogP contribution >= 0.6 is 0 Å². The smallest absolute Gasteiger partial charge is 0.221 e. The summed E-state index contributed by atoms with van der Waals surface area (Å²) in [5, 5.41) is 22.0. The molecule has 5 nitrogen and oxygen atoms in total. The van der Waals surface area contributed by atoms with Gasteiger partial charge in [0.2, 0.25) is 11.8 Å². The van der Waals surface area contributed by atoms with Gasteiger partial charge in [-0.05, 0) is 17.7 Å². The molecule has 0 atom stereocenters. The fourth-order valence-corrected chi connectivity index (χ4v) is 1.74. The van der Waals surface area contributed by atoms with Crippen molar-refractivity contribution < 1.29 is 19.4 Å². The summed E-state index contributed by atoms with van der Waals surface area (Å²) in [5.41, 5.74) is 0.837. The molecule has 0 unspecified atom stereocenters. The summed E-state index contributed by atoms with van der Waals surface area (Å²) >= 11 is 0. The lowest BCUT2D eigenvalue weighted by Crippen LogP contribution is -2.05. The summed E-state index contributed by atoms with van der Waals surface area (Å²) in [4.78, 5) is 10.9. The average molecular weight is 264 g/mol. The van der Waals surface area contributed by atoms with Gasteiger partial charge < -0.3 is 15.5 Å². The Morgan fingerprint density at radius 2 is 1.95 bits per heavy atom. The van der Waals surface area contributed by atoms with Crippen molar-refractivity contribution in [3.8, 4) is 11.8 Å². The number of benzene rings is 1. The monoisotopic (exact) mass is 264 g/mol. The Bertz CT molecular complexity index is 605. The number of hydrogen-bond acceptors (Lipinski definition) is 3. The highest BCUT2D eigenvalue weighted by molar-refractivity contribution is 5.90. The zero-order chi connectivity index (χ0) is 14.0. The fraction of sp³-hybridized carbons (Fsp3) is 0.154. The Morgan fingerprint density at radius 1 is 1.32 bits per heavy atom. The van der Waals surface area contributed by atoms with Crippen LogP contribution in [0.25, 0.3) is 0 Å². The molecule has 0 aliphatic rings. The number of rotatable bonds is 3. The molecule has 0 aliphatic heterocycles. The third kappa shape index (κ3) is 2.85. The maximum Gasteiger partial charge on any atom is 0.221 e. The average Bonchev–Trinajstić information content (AvgIpc) is 2.59. The number of amides is 1. The Kier molecular flexibility index (Phi) is 3.41. The van der Waals surface area contributed by atoms with Crippen LogP contribution in [0.15, 0.2) is 30.3 Å². The lowest BCUT2D eigenvalue weighted by Gasteiger charge is -2.07. The van der Waals surface area contributed by atoms with Gasteiger partial charge in [0.15, 0.2) is 5.88 Å². The molecule has 1 heterocycles. The standard InChI is InChI=1S/C13H13FN2O3/c1-8(17)15-11-6-12(18)16(13(11)19)7-9-2-4-10(14)5-3-9/h2-6,18-19H,7H2,1H3,(H,15,17). The van der Waals surface area contributed by atoms with Gasteiger partial charge in [0.25, 0.3) is 0 Å². The van der Waals surface area contributed by atoms with Gasteiger partial charge in [-0.1, -0.05) is 12.1 Å². The van der Waals surface area contributed by atoms with E-state index >= 15 is 0 Å². The van der Waals surface area contributed by atoms with Gasteiger partial charge in [-0.3, -0.25) is 9.36 Å². The quantitative estimate of drug-likeness (QED) is 0.794. The van der Waals surface area contributed by atoms with Crippen molar-refractivity contribution in [2.75, 3.05) is 5.32 Å². The number of aromatic hydroxyl groups is 2. The summed E-state index contributed by atoms with van der Waals surface area (Å²) in [5.74, 6) is -1.15. The van der Waals surface area contributed by atoms with Gasteiger partial charge >= 0.3 is 0 Å². The molecule has 3 N–H and O–H groups in total. The number of halogens is 1. The topological polar surface area (TPSA) is 74.5 Å². The van der Waals surface area contributed by atoms with Gasteiger partial charge in [0, 0.05) is 13.0 Å². The van der Waals surface area contributed by atoms with Crippen molar-refractivity contribution in [2.24, 2.45) is 0 Å². The third-order valence-corrected chi connectivity index (χ3v) is 2.61. The molecule has 0 saturated carbocycles. The molecular formula is C13H13FN2O3. The Balaban J connectivity index is 2.27. The number of anilines is 1. The van der Waals surface area contributed by atoms with E-state index in [9.17, 15) is 19.4 Å². The van der Waals surface area contributed by atoms with Crippen LogP contribution in [-0.4, -0.2) is 20.7 Å². The minimum Gasteiger partial charge on any atom is -0.494 e. The van der Waals surface area contributed by atoms with Crippen molar-refractivity contribution in [3.05, 3.63) is 41.7 Å². The number of aromatic nitrogens is 1. The Morgan fingerprint density at radius 3 is 2.53 bits per heavy atom. The summed E-state index contributed by atoms with van der Waals surface area (Å²) in [7, 11) is 0. The van der Waals surface area contributed by atoms with E-state index in [1.807, 2.05) is 0 Å². The lowest BCUT2D eigenvalue weighted by molar-refractivity contribution is -0.114. The van der Waals surface area contributed by atoms with Gasteiger partial charge in [-0.15, -0.1) is 0 Å². The number of hydrogen-bond donors (Lipinski definition) is 3. The molecule has 1 aromatic carbocycles. The SMILES string of the molecule is CC(=O)Nc1cc(O)n(Cc2ccc(F)cc2)c1O. The molecule has 2 rings (SSSR count). The summed E-state index contributed by atoms with van der Waals surface area (Å²) in [6, 6.07) is 6.93. The fourth-order valence-electron chi connectivity index (χ4n) is 1.74. The second kappa shape index (κ2) is 5.01. The summed E-state index contributed by atoms with van der Waals surface area (Å²) < 4.78 is 14.0. The van der Waals surface area contributed by atoms with Crippen LogP contribution in [-0.2, 0) is 11.3 Å². The van der Waals surface area contributed by atoms with E-state index in [0.29, 0.717) is 5.56 Å². The molecule has 6 heteroatoms. The molecule has 1 amide bonds. The number of nitrogens with zero attached hydrogens (tertiary/aromatic N) is 1. The van der Waals surface area contributed by atoms with Gasteiger partial charge in [0.1, 0.15) is 11.5 Å². The van der Waals surface area contributed by atoms with Crippen molar-refractivity contribution >= 4 is 11.6 Å². The number of carbonyl (C=O) groups is 1. The zero-order valence-corrected chi connectivity index (χ0v) is 10.2. The Hall–Kier alpha value is -2.50. The highest BCUT2D eigenvalue weighted by Gasteiger charge is 2.14. The molecule has 100 valence electrons. The maximum absolute atomic E-state index is 12.8. The zero-order valence-electron chi connectivity index (χ0n) is 10.2. The van der Waals surface area contributed by atoms with E-state index in [4.69, 9.17) is 0 Å². The molecule has 19 heavy (non-hydrogen) atoms. The van der Waals surface area contributed by atoms with E-state index in [-0.39, 0.29) is 35.7 Å². The van der Waals surface area contributed by atoms with Gasteiger partial charge in [-0.25, -0.2) is 4.39 Å². The van der Waals surface area contributed by atoms with Gasteiger partial charge in [-0.2, -0.15) is 0 Å². The van der Waals surface area contributed by atoms with E-state index in [1.165, 1.54) is 29.7 Å². The largest absolute Gasteiger partial charge is 0.494 e. The molecule has 0 spiro atoms. The van der Waals surface area contributed by atoms with Crippen LogP contribution in [0.3, 0.4) is 0 Å². The van der Waals surface area contributed by atoms with Crippen LogP contribution < -0.4 is 5.32 Å². The normalized spacial score (nSPS) is 10.4. The molecular weight excluding hydrogens is 251 g/mol. The summed E-state index contributed by atoms with van der Waals surface area (Å²) in [6.45, 7) is 1.46. The van der Waals surface area contributed by atoms with Crippen LogP contribution in [0.1, 0.15) is 12.5 Å². The minimum absolute atomic E-state index is 0.132. The summed E-state index contributed by atoms with van der Waals surface area (Å²) in [6.07, 6.45) is 0. The molecule has 1 aromatic heterocycles. The first-order valence-electron chi connectivity index (χ1n) is 5.61. The molecule has 0 aliphatic carbocycles. The molecule has 2 aromatic rings. The first kappa shape index (κ1) is 12.9. The van der Waals surface area contributed by atoms with Crippen molar-refractivity contribution in [1.29, 1.82) is 0 Å². The first-order valence-corrected chi connectivity index (χ1v) is 5.61. The molecule has 0 fully saturated rings. The predicted octanol–water partition coefficient (Wildman–Crippen LogP) is 2.05. The van der Waals surface area contributed by atoms with E-state index in [2.05, 4.69) is 5.32 Å². The number of carbonyl (C=O) groups excluding carboxylic acids is 1. The predicted molar refractivity (Wildman–Crippen MR) is 67.6 cm³/mol. The highest BCUT2D eigenvalue weighted by atomic mass is 19.1.